The van der Waals surface area contributed by atoms with E-state index in [1.54, 1.807) is 11.6 Å². The number of nitrogens with zero attached hydrogens (tertiary/aromatic N) is 2. The fourth-order valence-electron chi connectivity index (χ4n) is 2.51. The summed E-state index contributed by atoms with van der Waals surface area (Å²) in [5.74, 6) is -1.45. The lowest BCUT2D eigenvalue weighted by molar-refractivity contribution is -0.124. The largest absolute Gasteiger partial charge is 0.452 e. The molecule has 7 heteroatoms. The smallest absolute Gasteiger partial charge is 0.342 e. The predicted molar refractivity (Wildman–Crippen MR) is 97.9 cm³/mol. The van der Waals surface area contributed by atoms with E-state index < -0.39 is 5.97 Å². The minimum atomic E-state index is -0.678. The van der Waals surface area contributed by atoms with E-state index in [1.807, 2.05) is 30.3 Å². The van der Waals surface area contributed by atoms with Gasteiger partial charge in [-0.2, -0.15) is 5.10 Å². The van der Waals surface area contributed by atoms with Gasteiger partial charge in [-0.05, 0) is 43.3 Å². The van der Waals surface area contributed by atoms with Crippen molar-refractivity contribution in [1.29, 1.82) is 0 Å². The SMILES string of the molecule is CCNC(=O)COC(=O)c1cn(-c2ccccc2)nc1-c1ccc(F)cc1. The molecule has 0 saturated heterocycles. The fourth-order valence-corrected chi connectivity index (χ4v) is 2.51. The summed E-state index contributed by atoms with van der Waals surface area (Å²) in [6.07, 6.45) is 1.54. The molecule has 6 nitrogen and oxygen atoms in total. The number of likely N-dealkylation sites (N-methyl/N-ethyl adjacent to an activating group) is 1. The van der Waals surface area contributed by atoms with Crippen molar-refractivity contribution >= 4 is 11.9 Å². The summed E-state index contributed by atoms with van der Waals surface area (Å²) in [5, 5.41) is 7.01. The van der Waals surface area contributed by atoms with E-state index in [2.05, 4.69) is 10.4 Å². The Labute approximate surface area is 155 Å². The third kappa shape index (κ3) is 4.38. The average Bonchev–Trinajstić information content (AvgIpc) is 3.13. The maximum atomic E-state index is 13.3. The Morgan fingerprint density at radius 3 is 2.48 bits per heavy atom. The zero-order valence-corrected chi connectivity index (χ0v) is 14.7. The van der Waals surface area contributed by atoms with Crippen molar-refractivity contribution in [1.82, 2.24) is 15.1 Å². The van der Waals surface area contributed by atoms with Gasteiger partial charge >= 0.3 is 5.97 Å². The summed E-state index contributed by atoms with van der Waals surface area (Å²) in [5.41, 5.74) is 1.86. The van der Waals surface area contributed by atoms with Crippen LogP contribution in [0.4, 0.5) is 4.39 Å². The van der Waals surface area contributed by atoms with Gasteiger partial charge in [-0.15, -0.1) is 0 Å². The Bertz CT molecular complexity index is 937. The average molecular weight is 367 g/mol. The number of benzene rings is 2. The second-order valence-corrected chi connectivity index (χ2v) is 5.71. The number of amides is 1. The van der Waals surface area contributed by atoms with Crippen molar-refractivity contribution in [3.05, 3.63) is 72.2 Å². The van der Waals surface area contributed by atoms with Crippen LogP contribution in [0.1, 0.15) is 17.3 Å². The molecule has 0 aliphatic heterocycles. The number of carbonyl (C=O) groups excluding carboxylic acids is 2. The molecule has 0 atom stereocenters. The lowest BCUT2D eigenvalue weighted by atomic mass is 10.1. The number of rotatable bonds is 6. The molecule has 0 saturated carbocycles. The Kier molecular flexibility index (Phi) is 5.61. The zero-order valence-electron chi connectivity index (χ0n) is 14.7. The Morgan fingerprint density at radius 2 is 1.81 bits per heavy atom. The summed E-state index contributed by atoms with van der Waals surface area (Å²) < 4.78 is 19.9. The molecule has 0 bridgehead atoms. The first-order valence-electron chi connectivity index (χ1n) is 8.43. The van der Waals surface area contributed by atoms with Crippen LogP contribution in [0, 0.1) is 5.82 Å². The Hall–Kier alpha value is -3.48. The van der Waals surface area contributed by atoms with Gasteiger partial charge in [0.1, 0.15) is 17.1 Å². The molecule has 3 rings (SSSR count). The molecule has 138 valence electrons. The molecule has 0 unspecified atom stereocenters. The van der Waals surface area contributed by atoms with Crippen molar-refractivity contribution in [2.24, 2.45) is 0 Å². The molecular formula is C20H18FN3O3. The van der Waals surface area contributed by atoms with Gasteiger partial charge in [0.2, 0.25) is 0 Å². The van der Waals surface area contributed by atoms with Gasteiger partial charge in [0, 0.05) is 18.3 Å². The molecule has 27 heavy (non-hydrogen) atoms. The highest BCUT2D eigenvalue weighted by Crippen LogP contribution is 2.24. The van der Waals surface area contributed by atoms with Gasteiger partial charge in [-0.25, -0.2) is 13.9 Å². The summed E-state index contributed by atoms with van der Waals surface area (Å²) in [7, 11) is 0. The van der Waals surface area contributed by atoms with Crippen LogP contribution in [-0.2, 0) is 9.53 Å². The van der Waals surface area contributed by atoms with Crippen LogP contribution in [-0.4, -0.2) is 34.8 Å². The number of aromatic nitrogens is 2. The molecule has 1 heterocycles. The van der Waals surface area contributed by atoms with Gasteiger partial charge in [0.15, 0.2) is 6.61 Å². The van der Waals surface area contributed by atoms with E-state index in [9.17, 15) is 14.0 Å². The van der Waals surface area contributed by atoms with Crippen molar-refractivity contribution in [2.45, 2.75) is 6.92 Å². The van der Waals surface area contributed by atoms with E-state index in [0.29, 0.717) is 17.8 Å². The van der Waals surface area contributed by atoms with E-state index in [4.69, 9.17) is 4.74 Å². The standard InChI is InChI=1S/C20H18FN3O3/c1-2-22-18(25)13-27-20(26)17-12-24(16-6-4-3-5-7-16)23-19(17)14-8-10-15(21)11-9-14/h3-12H,2,13H2,1H3,(H,22,25). The van der Waals surface area contributed by atoms with Crippen LogP contribution in [0.2, 0.25) is 0 Å². The number of nitrogens with one attached hydrogen (secondary N) is 1. The minimum Gasteiger partial charge on any atom is -0.452 e. The van der Waals surface area contributed by atoms with E-state index in [1.165, 1.54) is 30.5 Å². The first-order chi connectivity index (χ1) is 13.1. The lowest BCUT2D eigenvalue weighted by Crippen LogP contribution is -2.28. The number of para-hydroxylation sites is 1. The van der Waals surface area contributed by atoms with E-state index in [0.717, 1.165) is 5.69 Å². The Balaban J connectivity index is 1.95. The highest BCUT2D eigenvalue weighted by Gasteiger charge is 2.20. The van der Waals surface area contributed by atoms with Gasteiger partial charge in [-0.1, -0.05) is 18.2 Å². The lowest BCUT2D eigenvalue weighted by Gasteiger charge is -2.05. The monoisotopic (exact) mass is 367 g/mol. The van der Waals surface area contributed by atoms with Crippen molar-refractivity contribution in [3.8, 4) is 16.9 Å². The molecule has 0 radical (unpaired) electrons. The van der Waals surface area contributed by atoms with Crippen LogP contribution in [0.15, 0.2) is 60.8 Å². The van der Waals surface area contributed by atoms with Crippen LogP contribution >= 0.6 is 0 Å². The maximum absolute atomic E-state index is 13.3. The quantitative estimate of drug-likeness (QED) is 0.680. The summed E-state index contributed by atoms with van der Waals surface area (Å²) in [6.45, 7) is 1.84. The predicted octanol–water partition coefficient (Wildman–Crippen LogP) is 2.97. The van der Waals surface area contributed by atoms with E-state index in [-0.39, 0.29) is 23.9 Å². The summed E-state index contributed by atoms with van der Waals surface area (Å²) >= 11 is 0. The molecular weight excluding hydrogens is 349 g/mol. The highest BCUT2D eigenvalue weighted by molar-refractivity contribution is 5.97. The third-order valence-corrected chi connectivity index (χ3v) is 3.78. The van der Waals surface area contributed by atoms with Crippen LogP contribution < -0.4 is 5.32 Å². The first-order valence-corrected chi connectivity index (χ1v) is 8.43. The van der Waals surface area contributed by atoms with Gasteiger partial charge < -0.3 is 10.1 Å². The molecule has 0 spiro atoms. The third-order valence-electron chi connectivity index (χ3n) is 3.78. The van der Waals surface area contributed by atoms with Crippen molar-refractivity contribution < 1.29 is 18.7 Å². The van der Waals surface area contributed by atoms with Gasteiger partial charge in [-0.3, -0.25) is 4.79 Å². The minimum absolute atomic E-state index is 0.190. The van der Waals surface area contributed by atoms with Crippen LogP contribution in [0.25, 0.3) is 16.9 Å². The molecule has 3 aromatic rings. The number of halogens is 1. The highest BCUT2D eigenvalue weighted by atomic mass is 19.1. The number of hydrogen-bond acceptors (Lipinski definition) is 4. The molecule has 0 aliphatic carbocycles. The normalized spacial score (nSPS) is 10.4. The number of hydrogen-bond donors (Lipinski definition) is 1. The second-order valence-electron chi connectivity index (χ2n) is 5.71. The van der Waals surface area contributed by atoms with Crippen LogP contribution in [0.3, 0.4) is 0 Å². The molecule has 2 aromatic carbocycles. The molecule has 1 aromatic heterocycles. The van der Waals surface area contributed by atoms with Crippen LogP contribution in [0.5, 0.6) is 0 Å². The van der Waals surface area contributed by atoms with Gasteiger partial charge in [0.25, 0.3) is 5.91 Å². The van der Waals surface area contributed by atoms with Crippen molar-refractivity contribution in [2.75, 3.05) is 13.2 Å². The molecule has 1 N–H and O–H groups in total. The molecule has 0 aliphatic rings. The van der Waals surface area contributed by atoms with E-state index >= 15 is 0 Å². The Morgan fingerprint density at radius 1 is 1.11 bits per heavy atom. The second kappa shape index (κ2) is 8.27. The number of carbonyl (C=O) groups is 2. The van der Waals surface area contributed by atoms with Crippen molar-refractivity contribution in [3.63, 3.8) is 0 Å². The molecule has 0 fully saturated rings. The summed E-state index contributed by atoms with van der Waals surface area (Å²) in [4.78, 5) is 24.1. The summed E-state index contributed by atoms with van der Waals surface area (Å²) in [6, 6.07) is 14.9. The maximum Gasteiger partial charge on any atom is 0.342 e. The van der Waals surface area contributed by atoms with Gasteiger partial charge in [0.05, 0.1) is 5.69 Å². The zero-order chi connectivity index (χ0) is 19.2. The first kappa shape index (κ1) is 18.3. The topological polar surface area (TPSA) is 73.2 Å². The number of esters is 1. The molecule has 1 amide bonds. The number of ether oxygens (including phenoxy) is 1. The fraction of sp³-hybridized carbons (Fsp3) is 0.150.